The number of hydrogen-bond acceptors (Lipinski definition) is 5. The summed E-state index contributed by atoms with van der Waals surface area (Å²) in [7, 11) is 0. The van der Waals surface area contributed by atoms with Crippen LogP contribution >= 0.6 is 0 Å². The predicted octanol–water partition coefficient (Wildman–Crippen LogP) is 1.25. The Morgan fingerprint density at radius 2 is 2.11 bits per heavy atom. The van der Waals surface area contributed by atoms with Gasteiger partial charge >= 0.3 is 0 Å². The van der Waals surface area contributed by atoms with Gasteiger partial charge in [-0.05, 0) is 43.1 Å². The summed E-state index contributed by atoms with van der Waals surface area (Å²) in [6.45, 7) is 2.75. The first-order chi connectivity index (χ1) is 13.3. The van der Waals surface area contributed by atoms with E-state index in [4.69, 9.17) is 0 Å². The number of rotatable bonds is 6. The van der Waals surface area contributed by atoms with Crippen LogP contribution in [0.2, 0.25) is 0 Å². The number of nitrogens with one attached hydrogen (secondary N) is 2. The first kappa shape index (κ1) is 17.4. The Balaban J connectivity index is 1.32. The molecule has 2 N–H and O–H groups in total. The number of carbonyl (C=O) groups is 1. The summed E-state index contributed by atoms with van der Waals surface area (Å²) >= 11 is 0. The maximum Gasteiger partial charge on any atom is 0.242 e. The summed E-state index contributed by atoms with van der Waals surface area (Å²) in [6, 6.07) is 9.89. The van der Waals surface area contributed by atoms with Gasteiger partial charge in [-0.3, -0.25) is 9.48 Å². The molecule has 1 aromatic carbocycles. The summed E-state index contributed by atoms with van der Waals surface area (Å²) in [5.74, 6) is 0.391. The van der Waals surface area contributed by atoms with E-state index in [9.17, 15) is 4.79 Å². The highest BCUT2D eigenvalue weighted by Crippen LogP contribution is 2.22. The van der Waals surface area contributed by atoms with Crippen LogP contribution in [0.15, 0.2) is 49.2 Å². The third-order valence-electron chi connectivity index (χ3n) is 4.87. The monoisotopic (exact) mass is 365 g/mol. The molecule has 0 bridgehead atoms. The second kappa shape index (κ2) is 8.13. The topological polar surface area (TPSA) is 89.7 Å². The highest BCUT2D eigenvalue weighted by atomic mass is 16.2. The lowest BCUT2D eigenvalue weighted by Gasteiger charge is -2.23. The average molecular weight is 365 g/mol. The number of piperidine rings is 1. The largest absolute Gasteiger partial charge is 0.350 e. The van der Waals surface area contributed by atoms with Crippen molar-refractivity contribution in [1.82, 2.24) is 35.2 Å². The molecule has 8 nitrogen and oxygen atoms in total. The lowest BCUT2D eigenvalue weighted by molar-refractivity contribution is -0.122. The predicted molar refractivity (Wildman–Crippen MR) is 100 cm³/mol. The molecule has 2 aromatic heterocycles. The first-order valence-corrected chi connectivity index (χ1v) is 9.22. The van der Waals surface area contributed by atoms with E-state index in [-0.39, 0.29) is 12.5 Å². The highest BCUT2D eigenvalue weighted by molar-refractivity contribution is 5.75. The van der Waals surface area contributed by atoms with Crippen molar-refractivity contribution >= 4 is 5.91 Å². The standard InChI is InChI=1S/C19H23N7O/c27-19(12-25-18(7-9-23-25)16-2-1-8-20-11-16)22-10-15-3-5-17(6-4-15)26-14-21-13-24-26/h3-7,9,13-14,16,20H,1-2,8,10-12H2,(H,22,27). The maximum atomic E-state index is 12.4. The minimum absolute atomic E-state index is 0.0379. The minimum Gasteiger partial charge on any atom is -0.350 e. The molecule has 1 aliphatic rings. The van der Waals surface area contributed by atoms with Crippen molar-refractivity contribution in [2.45, 2.75) is 31.8 Å². The molecule has 0 spiro atoms. The number of benzene rings is 1. The molecule has 1 fully saturated rings. The molecular formula is C19H23N7O. The number of aromatic nitrogens is 5. The van der Waals surface area contributed by atoms with Crippen LogP contribution in [0.3, 0.4) is 0 Å². The van der Waals surface area contributed by atoms with Gasteiger partial charge in [0.15, 0.2) is 0 Å². The van der Waals surface area contributed by atoms with E-state index in [1.807, 2.05) is 35.0 Å². The van der Waals surface area contributed by atoms with Crippen LogP contribution < -0.4 is 10.6 Å². The molecule has 3 aromatic rings. The van der Waals surface area contributed by atoms with Crippen molar-refractivity contribution in [3.05, 3.63) is 60.4 Å². The van der Waals surface area contributed by atoms with Crippen LogP contribution in [0.4, 0.5) is 0 Å². The summed E-state index contributed by atoms with van der Waals surface area (Å²) < 4.78 is 3.52. The summed E-state index contributed by atoms with van der Waals surface area (Å²) in [5, 5.41) is 14.8. The quantitative estimate of drug-likeness (QED) is 0.686. The fourth-order valence-electron chi connectivity index (χ4n) is 3.43. The van der Waals surface area contributed by atoms with Gasteiger partial charge < -0.3 is 10.6 Å². The number of amides is 1. The normalized spacial score (nSPS) is 17.0. The SMILES string of the molecule is O=C(Cn1nccc1C1CCCNC1)NCc1ccc(-n2cncn2)cc1. The summed E-state index contributed by atoms with van der Waals surface area (Å²) in [4.78, 5) is 16.3. The molecule has 3 heterocycles. The summed E-state index contributed by atoms with van der Waals surface area (Å²) in [5.41, 5.74) is 3.10. The van der Waals surface area contributed by atoms with E-state index in [2.05, 4.69) is 25.8 Å². The molecule has 1 atom stereocenters. The van der Waals surface area contributed by atoms with Gasteiger partial charge in [0.05, 0.1) is 5.69 Å². The fourth-order valence-corrected chi connectivity index (χ4v) is 3.43. The zero-order valence-electron chi connectivity index (χ0n) is 15.1. The maximum absolute atomic E-state index is 12.4. The van der Waals surface area contributed by atoms with Gasteiger partial charge in [0.25, 0.3) is 0 Å². The van der Waals surface area contributed by atoms with Crippen molar-refractivity contribution in [2.24, 2.45) is 0 Å². The lowest BCUT2D eigenvalue weighted by Crippen LogP contribution is -2.32. The van der Waals surface area contributed by atoms with E-state index < -0.39 is 0 Å². The second-order valence-corrected chi connectivity index (χ2v) is 6.74. The zero-order chi connectivity index (χ0) is 18.5. The average Bonchev–Trinajstić information content (AvgIpc) is 3.40. The molecule has 0 aliphatic carbocycles. The van der Waals surface area contributed by atoms with Crippen LogP contribution in [-0.2, 0) is 17.9 Å². The van der Waals surface area contributed by atoms with Gasteiger partial charge in [0.1, 0.15) is 19.2 Å². The number of carbonyl (C=O) groups excluding carboxylic acids is 1. The highest BCUT2D eigenvalue weighted by Gasteiger charge is 2.19. The van der Waals surface area contributed by atoms with E-state index in [1.54, 1.807) is 17.2 Å². The van der Waals surface area contributed by atoms with Gasteiger partial charge in [0.2, 0.25) is 5.91 Å². The van der Waals surface area contributed by atoms with Gasteiger partial charge in [-0.2, -0.15) is 10.2 Å². The molecule has 0 saturated carbocycles. The first-order valence-electron chi connectivity index (χ1n) is 9.22. The Kier molecular flexibility index (Phi) is 5.24. The molecule has 27 heavy (non-hydrogen) atoms. The fraction of sp³-hybridized carbons (Fsp3) is 0.368. The van der Waals surface area contributed by atoms with Crippen molar-refractivity contribution in [2.75, 3.05) is 13.1 Å². The Morgan fingerprint density at radius 3 is 2.85 bits per heavy atom. The van der Waals surface area contributed by atoms with Crippen LogP contribution in [0, 0.1) is 0 Å². The molecule has 1 saturated heterocycles. The van der Waals surface area contributed by atoms with Crippen molar-refractivity contribution < 1.29 is 4.79 Å². The van der Waals surface area contributed by atoms with Gasteiger partial charge in [-0.1, -0.05) is 12.1 Å². The molecule has 140 valence electrons. The van der Waals surface area contributed by atoms with Crippen molar-refractivity contribution in [3.8, 4) is 5.69 Å². The second-order valence-electron chi connectivity index (χ2n) is 6.74. The number of hydrogen-bond donors (Lipinski definition) is 2. The van der Waals surface area contributed by atoms with E-state index in [1.165, 1.54) is 6.33 Å². The van der Waals surface area contributed by atoms with Gasteiger partial charge in [0, 0.05) is 30.9 Å². The minimum atomic E-state index is -0.0379. The Labute approximate surface area is 157 Å². The van der Waals surface area contributed by atoms with Gasteiger partial charge in [-0.15, -0.1) is 0 Å². The molecule has 1 amide bonds. The molecule has 8 heteroatoms. The van der Waals surface area contributed by atoms with E-state index >= 15 is 0 Å². The lowest BCUT2D eigenvalue weighted by atomic mass is 9.96. The van der Waals surface area contributed by atoms with Crippen molar-refractivity contribution in [1.29, 1.82) is 0 Å². The Bertz CT molecular complexity index is 864. The van der Waals surface area contributed by atoms with Gasteiger partial charge in [-0.25, -0.2) is 9.67 Å². The van der Waals surface area contributed by atoms with Crippen molar-refractivity contribution in [3.63, 3.8) is 0 Å². The van der Waals surface area contributed by atoms with E-state index in [0.717, 1.165) is 42.9 Å². The van der Waals surface area contributed by atoms with Crippen LogP contribution in [0.1, 0.15) is 30.0 Å². The Hall–Kier alpha value is -3.00. The van der Waals surface area contributed by atoms with Crippen LogP contribution in [0.5, 0.6) is 0 Å². The number of nitrogens with zero attached hydrogens (tertiary/aromatic N) is 5. The molecule has 0 radical (unpaired) electrons. The van der Waals surface area contributed by atoms with Crippen LogP contribution in [-0.4, -0.2) is 43.5 Å². The Morgan fingerprint density at radius 1 is 1.22 bits per heavy atom. The zero-order valence-corrected chi connectivity index (χ0v) is 15.1. The molecule has 1 aliphatic heterocycles. The molecule has 4 rings (SSSR count). The third kappa shape index (κ3) is 4.22. The van der Waals surface area contributed by atoms with E-state index in [0.29, 0.717) is 12.5 Å². The molecule has 1 unspecified atom stereocenters. The third-order valence-corrected chi connectivity index (χ3v) is 4.87. The smallest absolute Gasteiger partial charge is 0.242 e. The molecular weight excluding hydrogens is 342 g/mol. The van der Waals surface area contributed by atoms with Crippen LogP contribution in [0.25, 0.3) is 5.69 Å². The summed E-state index contributed by atoms with van der Waals surface area (Å²) in [6.07, 6.45) is 7.23.